The molecule has 0 aliphatic rings. The Morgan fingerprint density at radius 3 is 2.33 bits per heavy atom. The van der Waals surface area contributed by atoms with Crippen LogP contribution in [0, 0.1) is 0 Å². The number of hydrogen-bond acceptors (Lipinski definition) is 1. The zero-order chi connectivity index (χ0) is 14.9. The van der Waals surface area contributed by atoms with Gasteiger partial charge in [-0.15, -0.1) is 0 Å². The lowest BCUT2D eigenvalue weighted by Gasteiger charge is -2.20. The van der Waals surface area contributed by atoms with Crippen molar-refractivity contribution in [3.05, 3.63) is 71.3 Å². The second-order valence-electron chi connectivity index (χ2n) is 5.69. The Labute approximate surface area is 129 Å². The van der Waals surface area contributed by atoms with Crippen LogP contribution in [0.3, 0.4) is 0 Å². The summed E-state index contributed by atoms with van der Waals surface area (Å²) in [6.07, 6.45) is 4.59. The summed E-state index contributed by atoms with van der Waals surface area (Å²) in [5.74, 6) is 0. The Hall–Kier alpha value is -1.60. The standard InChI is InChI=1S/C20H27N/c1-3-9-17-12-8-13-19(15-17)20(21-14-4-2)16-18-10-6-5-7-11-18/h5-8,10-13,15,20-21H,3-4,9,14,16H2,1-2H3. The second-order valence-corrected chi connectivity index (χ2v) is 5.69. The Bertz CT molecular complexity index is 518. The minimum absolute atomic E-state index is 0.407. The van der Waals surface area contributed by atoms with Crippen LogP contribution in [-0.2, 0) is 12.8 Å². The summed E-state index contributed by atoms with van der Waals surface area (Å²) in [4.78, 5) is 0. The first-order valence-corrected chi connectivity index (χ1v) is 8.19. The molecule has 0 saturated carbocycles. The quantitative estimate of drug-likeness (QED) is 0.724. The average Bonchev–Trinajstić information content (AvgIpc) is 2.53. The zero-order valence-corrected chi connectivity index (χ0v) is 13.3. The van der Waals surface area contributed by atoms with Crippen LogP contribution in [0.25, 0.3) is 0 Å². The van der Waals surface area contributed by atoms with E-state index in [9.17, 15) is 0 Å². The Balaban J connectivity index is 2.16. The van der Waals surface area contributed by atoms with Gasteiger partial charge in [-0.3, -0.25) is 0 Å². The molecule has 2 aromatic rings. The maximum absolute atomic E-state index is 3.70. The number of nitrogens with one attached hydrogen (secondary N) is 1. The van der Waals surface area contributed by atoms with Crippen LogP contribution in [0.15, 0.2) is 54.6 Å². The van der Waals surface area contributed by atoms with Crippen molar-refractivity contribution < 1.29 is 0 Å². The van der Waals surface area contributed by atoms with Crippen molar-refractivity contribution in [2.24, 2.45) is 0 Å². The lowest BCUT2D eigenvalue weighted by Crippen LogP contribution is -2.24. The topological polar surface area (TPSA) is 12.0 Å². The van der Waals surface area contributed by atoms with Crippen molar-refractivity contribution in [2.45, 2.75) is 45.6 Å². The van der Waals surface area contributed by atoms with Gasteiger partial charge in [0, 0.05) is 6.04 Å². The van der Waals surface area contributed by atoms with Crippen LogP contribution in [0.2, 0.25) is 0 Å². The van der Waals surface area contributed by atoms with Crippen LogP contribution < -0.4 is 5.32 Å². The van der Waals surface area contributed by atoms with Gasteiger partial charge in [0.25, 0.3) is 0 Å². The fourth-order valence-corrected chi connectivity index (χ4v) is 2.73. The largest absolute Gasteiger partial charge is 0.310 e. The summed E-state index contributed by atoms with van der Waals surface area (Å²) in [5, 5.41) is 3.70. The molecule has 0 fully saturated rings. The second kappa shape index (κ2) is 8.63. The summed E-state index contributed by atoms with van der Waals surface area (Å²) in [6, 6.07) is 20.3. The fraction of sp³-hybridized carbons (Fsp3) is 0.400. The zero-order valence-electron chi connectivity index (χ0n) is 13.3. The lowest BCUT2D eigenvalue weighted by molar-refractivity contribution is 0.529. The first-order valence-electron chi connectivity index (χ1n) is 8.19. The normalized spacial score (nSPS) is 12.3. The average molecular weight is 281 g/mol. The number of benzene rings is 2. The Morgan fingerprint density at radius 1 is 0.857 bits per heavy atom. The van der Waals surface area contributed by atoms with Gasteiger partial charge in [-0.1, -0.05) is 74.9 Å². The van der Waals surface area contributed by atoms with Gasteiger partial charge < -0.3 is 5.32 Å². The monoisotopic (exact) mass is 281 g/mol. The van der Waals surface area contributed by atoms with E-state index in [2.05, 4.69) is 73.8 Å². The molecule has 0 heterocycles. The summed E-state index contributed by atoms with van der Waals surface area (Å²) in [7, 11) is 0. The molecule has 112 valence electrons. The van der Waals surface area contributed by atoms with E-state index >= 15 is 0 Å². The predicted octanol–water partition coefficient (Wildman–Crippen LogP) is 4.92. The van der Waals surface area contributed by atoms with E-state index in [1.807, 2.05) is 0 Å². The Kier molecular flexibility index (Phi) is 6.49. The van der Waals surface area contributed by atoms with Crippen LogP contribution in [0.5, 0.6) is 0 Å². The molecule has 1 unspecified atom stereocenters. The summed E-state index contributed by atoms with van der Waals surface area (Å²) in [6.45, 7) is 5.53. The highest BCUT2D eigenvalue weighted by Gasteiger charge is 2.11. The molecule has 1 N–H and O–H groups in total. The van der Waals surface area contributed by atoms with Crippen LogP contribution in [0.4, 0.5) is 0 Å². The van der Waals surface area contributed by atoms with Gasteiger partial charge in [0.1, 0.15) is 0 Å². The molecule has 1 nitrogen and oxygen atoms in total. The van der Waals surface area contributed by atoms with E-state index in [1.165, 1.54) is 36.0 Å². The molecule has 2 aromatic carbocycles. The molecule has 0 saturated heterocycles. The van der Waals surface area contributed by atoms with Crippen molar-refractivity contribution in [1.82, 2.24) is 5.32 Å². The molecule has 0 bridgehead atoms. The van der Waals surface area contributed by atoms with Crippen molar-refractivity contribution >= 4 is 0 Å². The third-order valence-corrected chi connectivity index (χ3v) is 3.82. The van der Waals surface area contributed by atoms with E-state index in [0.717, 1.165) is 13.0 Å². The molecular weight excluding hydrogens is 254 g/mol. The van der Waals surface area contributed by atoms with Crippen molar-refractivity contribution in [2.75, 3.05) is 6.54 Å². The predicted molar refractivity (Wildman–Crippen MR) is 91.6 cm³/mol. The van der Waals surface area contributed by atoms with E-state index in [-0.39, 0.29) is 0 Å². The first-order chi connectivity index (χ1) is 10.3. The molecule has 0 aliphatic heterocycles. The number of hydrogen-bond donors (Lipinski definition) is 1. The lowest BCUT2D eigenvalue weighted by atomic mass is 9.96. The van der Waals surface area contributed by atoms with Gasteiger partial charge in [-0.2, -0.15) is 0 Å². The summed E-state index contributed by atoms with van der Waals surface area (Å²) in [5.41, 5.74) is 4.26. The SMILES string of the molecule is CCCNC(Cc1ccccc1)c1cccc(CCC)c1. The van der Waals surface area contributed by atoms with Gasteiger partial charge in [0.2, 0.25) is 0 Å². The first kappa shape index (κ1) is 15.8. The summed E-state index contributed by atoms with van der Waals surface area (Å²) >= 11 is 0. The Morgan fingerprint density at radius 2 is 1.62 bits per heavy atom. The molecule has 0 aliphatic carbocycles. The number of rotatable bonds is 8. The van der Waals surface area contributed by atoms with Crippen LogP contribution in [0.1, 0.15) is 49.4 Å². The number of aryl methyl sites for hydroxylation is 1. The molecule has 0 amide bonds. The van der Waals surface area contributed by atoms with Crippen molar-refractivity contribution in [3.63, 3.8) is 0 Å². The highest BCUT2D eigenvalue weighted by Crippen LogP contribution is 2.20. The summed E-state index contributed by atoms with van der Waals surface area (Å²) < 4.78 is 0. The van der Waals surface area contributed by atoms with Crippen molar-refractivity contribution in [1.29, 1.82) is 0 Å². The minimum atomic E-state index is 0.407. The van der Waals surface area contributed by atoms with Crippen LogP contribution >= 0.6 is 0 Å². The van der Waals surface area contributed by atoms with E-state index < -0.39 is 0 Å². The highest BCUT2D eigenvalue weighted by molar-refractivity contribution is 5.28. The van der Waals surface area contributed by atoms with E-state index in [0.29, 0.717) is 6.04 Å². The van der Waals surface area contributed by atoms with Crippen molar-refractivity contribution in [3.8, 4) is 0 Å². The molecule has 1 atom stereocenters. The van der Waals surface area contributed by atoms with Gasteiger partial charge in [-0.05, 0) is 42.5 Å². The molecule has 0 radical (unpaired) electrons. The van der Waals surface area contributed by atoms with Crippen LogP contribution in [-0.4, -0.2) is 6.54 Å². The molecule has 21 heavy (non-hydrogen) atoms. The maximum Gasteiger partial charge on any atom is 0.0360 e. The van der Waals surface area contributed by atoms with Gasteiger partial charge in [0.05, 0.1) is 0 Å². The molecule has 0 spiro atoms. The third-order valence-electron chi connectivity index (χ3n) is 3.82. The maximum atomic E-state index is 3.70. The molecule has 2 rings (SSSR count). The van der Waals surface area contributed by atoms with Gasteiger partial charge in [-0.25, -0.2) is 0 Å². The van der Waals surface area contributed by atoms with Gasteiger partial charge >= 0.3 is 0 Å². The molecule has 1 heteroatoms. The molecule has 0 aromatic heterocycles. The highest BCUT2D eigenvalue weighted by atomic mass is 14.9. The fourth-order valence-electron chi connectivity index (χ4n) is 2.73. The van der Waals surface area contributed by atoms with E-state index in [4.69, 9.17) is 0 Å². The third kappa shape index (κ3) is 5.02. The van der Waals surface area contributed by atoms with Gasteiger partial charge in [0.15, 0.2) is 0 Å². The minimum Gasteiger partial charge on any atom is -0.310 e. The molecular formula is C20H27N. The smallest absolute Gasteiger partial charge is 0.0360 e. The van der Waals surface area contributed by atoms with E-state index in [1.54, 1.807) is 0 Å².